The van der Waals surface area contributed by atoms with Crippen molar-refractivity contribution in [3.8, 4) is 0 Å². The van der Waals surface area contributed by atoms with E-state index in [-0.39, 0.29) is 0 Å². The normalized spacial score (nSPS) is 19.9. The van der Waals surface area contributed by atoms with Gasteiger partial charge in [-0.2, -0.15) is 13.2 Å². The molecule has 2 aliphatic rings. The van der Waals surface area contributed by atoms with Gasteiger partial charge in [0.25, 0.3) is 0 Å². The van der Waals surface area contributed by atoms with Gasteiger partial charge in [-0.25, -0.2) is 4.79 Å². The number of hydrogen-bond donors (Lipinski definition) is 2. The second-order valence-electron chi connectivity index (χ2n) is 4.27. The number of carbonyl (C=O) groups is 2. The number of ketones is 1. The molecule has 0 spiro atoms. The fraction of sp³-hybridized carbons (Fsp3) is 0.800. The molecule has 0 aromatic carbocycles. The van der Waals surface area contributed by atoms with E-state index in [4.69, 9.17) is 9.90 Å². The summed E-state index contributed by atoms with van der Waals surface area (Å²) in [5.74, 6) is -1.09. The quantitative estimate of drug-likeness (QED) is 0.793. The molecule has 7 heteroatoms. The number of Topliss-reactive ketones (excluding diaryl/α,β-unsaturated/α-hetero) is 1. The maximum absolute atomic E-state index is 11.2. The Bertz CT molecular complexity index is 296. The third kappa shape index (κ3) is 5.16. The Kier molecular flexibility index (Phi) is 4.50. The van der Waals surface area contributed by atoms with E-state index in [1.807, 2.05) is 0 Å². The Balaban J connectivity index is 0.000000185. The van der Waals surface area contributed by atoms with Crippen LogP contribution in [-0.4, -0.2) is 36.1 Å². The summed E-state index contributed by atoms with van der Waals surface area (Å²) in [5, 5.41) is 10.3. The first-order valence-corrected chi connectivity index (χ1v) is 5.34. The molecule has 17 heavy (non-hydrogen) atoms. The van der Waals surface area contributed by atoms with Crippen LogP contribution in [0.3, 0.4) is 0 Å². The van der Waals surface area contributed by atoms with Crippen molar-refractivity contribution in [2.45, 2.75) is 25.4 Å². The van der Waals surface area contributed by atoms with E-state index in [2.05, 4.69) is 5.32 Å². The van der Waals surface area contributed by atoms with Gasteiger partial charge in [-0.15, -0.1) is 0 Å². The minimum atomic E-state index is -5.08. The fourth-order valence-corrected chi connectivity index (χ4v) is 1.35. The van der Waals surface area contributed by atoms with Crippen molar-refractivity contribution in [2.24, 2.45) is 11.8 Å². The van der Waals surface area contributed by atoms with Crippen LogP contribution >= 0.6 is 0 Å². The molecule has 0 amide bonds. The van der Waals surface area contributed by atoms with Crippen molar-refractivity contribution in [3.63, 3.8) is 0 Å². The molecule has 2 N–H and O–H groups in total. The van der Waals surface area contributed by atoms with Crippen LogP contribution in [0.4, 0.5) is 13.2 Å². The van der Waals surface area contributed by atoms with Gasteiger partial charge in [0.2, 0.25) is 0 Å². The SMILES string of the molecule is O=C(CC1CNC1)C1CC1.O=C(O)C(F)(F)F. The molecular weight excluding hydrogens is 239 g/mol. The van der Waals surface area contributed by atoms with Crippen LogP contribution in [0.25, 0.3) is 0 Å². The first-order chi connectivity index (χ1) is 7.80. The second kappa shape index (κ2) is 5.48. The number of alkyl halides is 3. The number of carboxylic acid groups (broad SMARTS) is 1. The van der Waals surface area contributed by atoms with Gasteiger partial charge in [0.15, 0.2) is 0 Å². The van der Waals surface area contributed by atoms with E-state index >= 15 is 0 Å². The van der Waals surface area contributed by atoms with Gasteiger partial charge >= 0.3 is 12.1 Å². The van der Waals surface area contributed by atoms with Gasteiger partial charge in [0.05, 0.1) is 0 Å². The maximum Gasteiger partial charge on any atom is 0.490 e. The Morgan fingerprint density at radius 2 is 1.71 bits per heavy atom. The Morgan fingerprint density at radius 1 is 1.24 bits per heavy atom. The molecule has 4 nitrogen and oxygen atoms in total. The molecule has 1 saturated carbocycles. The van der Waals surface area contributed by atoms with Gasteiger partial charge in [-0.3, -0.25) is 4.79 Å². The largest absolute Gasteiger partial charge is 0.490 e. The van der Waals surface area contributed by atoms with Crippen LogP contribution in [0.2, 0.25) is 0 Å². The van der Waals surface area contributed by atoms with Gasteiger partial charge in [-0.05, 0) is 31.8 Å². The molecule has 1 aliphatic heterocycles. The first-order valence-electron chi connectivity index (χ1n) is 5.34. The van der Waals surface area contributed by atoms with Crippen molar-refractivity contribution < 1.29 is 27.9 Å². The predicted molar refractivity (Wildman–Crippen MR) is 52.4 cm³/mol. The topological polar surface area (TPSA) is 66.4 Å². The predicted octanol–water partition coefficient (Wildman–Crippen LogP) is 1.21. The van der Waals surface area contributed by atoms with E-state index in [1.165, 1.54) is 12.8 Å². The number of carboxylic acids is 1. The monoisotopic (exact) mass is 253 g/mol. The Morgan fingerprint density at radius 3 is 1.94 bits per heavy atom. The average Bonchev–Trinajstić information content (AvgIpc) is 2.93. The third-order valence-corrected chi connectivity index (χ3v) is 2.63. The second-order valence-corrected chi connectivity index (χ2v) is 4.27. The van der Waals surface area contributed by atoms with Crippen LogP contribution in [0.1, 0.15) is 19.3 Å². The minimum absolute atomic E-state index is 0.473. The molecule has 0 radical (unpaired) electrons. The first kappa shape index (κ1) is 14.0. The van der Waals surface area contributed by atoms with Crippen LogP contribution in [0.5, 0.6) is 0 Å². The van der Waals surface area contributed by atoms with Crippen LogP contribution in [0.15, 0.2) is 0 Å². The highest BCUT2D eigenvalue weighted by atomic mass is 19.4. The van der Waals surface area contributed by atoms with Crippen molar-refractivity contribution in [2.75, 3.05) is 13.1 Å². The molecular formula is C10H14F3NO3. The molecule has 98 valence electrons. The average molecular weight is 253 g/mol. The number of nitrogens with one attached hydrogen (secondary N) is 1. The van der Waals surface area contributed by atoms with E-state index in [1.54, 1.807) is 0 Å². The summed E-state index contributed by atoms with van der Waals surface area (Å²) in [6.07, 6.45) is -1.91. The zero-order chi connectivity index (χ0) is 13.1. The van der Waals surface area contributed by atoms with Crippen molar-refractivity contribution >= 4 is 11.8 Å². The molecule has 0 aromatic heterocycles. The standard InChI is InChI=1S/C8H13NO.C2HF3O2/c10-8(7-1-2-7)3-6-4-9-5-6;3-2(4,5)1(6)7/h6-7,9H,1-5H2;(H,6,7). The highest BCUT2D eigenvalue weighted by Crippen LogP contribution is 2.32. The summed E-state index contributed by atoms with van der Waals surface area (Å²) in [5.41, 5.74) is 0. The maximum atomic E-state index is 11.2. The summed E-state index contributed by atoms with van der Waals surface area (Å²) in [7, 11) is 0. The summed E-state index contributed by atoms with van der Waals surface area (Å²) in [6.45, 7) is 2.14. The molecule has 2 rings (SSSR count). The van der Waals surface area contributed by atoms with E-state index in [0.29, 0.717) is 17.6 Å². The summed E-state index contributed by atoms with van der Waals surface area (Å²) < 4.78 is 31.7. The number of rotatable bonds is 3. The molecule has 1 heterocycles. The summed E-state index contributed by atoms with van der Waals surface area (Å²) in [4.78, 5) is 20.1. The Hall–Kier alpha value is -1.11. The van der Waals surface area contributed by atoms with Crippen molar-refractivity contribution in [3.05, 3.63) is 0 Å². The van der Waals surface area contributed by atoms with Crippen LogP contribution < -0.4 is 5.32 Å². The van der Waals surface area contributed by atoms with E-state index in [9.17, 15) is 18.0 Å². The molecule has 0 atom stereocenters. The lowest BCUT2D eigenvalue weighted by molar-refractivity contribution is -0.192. The molecule has 1 saturated heterocycles. The fourth-order valence-electron chi connectivity index (χ4n) is 1.35. The smallest absolute Gasteiger partial charge is 0.475 e. The molecule has 0 unspecified atom stereocenters. The molecule has 2 fully saturated rings. The minimum Gasteiger partial charge on any atom is -0.475 e. The molecule has 0 aromatic rings. The lowest BCUT2D eigenvalue weighted by Crippen LogP contribution is -2.43. The highest BCUT2D eigenvalue weighted by molar-refractivity contribution is 5.83. The Labute approximate surface area is 96.2 Å². The van der Waals surface area contributed by atoms with Crippen molar-refractivity contribution in [1.82, 2.24) is 5.32 Å². The van der Waals surface area contributed by atoms with E-state index < -0.39 is 12.1 Å². The molecule has 1 aliphatic carbocycles. The van der Waals surface area contributed by atoms with Crippen LogP contribution in [0, 0.1) is 11.8 Å². The van der Waals surface area contributed by atoms with Gasteiger partial charge in [-0.1, -0.05) is 0 Å². The highest BCUT2D eigenvalue weighted by Gasteiger charge is 2.38. The van der Waals surface area contributed by atoms with E-state index in [0.717, 1.165) is 19.5 Å². The van der Waals surface area contributed by atoms with Gasteiger partial charge in [0.1, 0.15) is 5.78 Å². The number of halogens is 3. The number of aliphatic carboxylic acids is 1. The zero-order valence-electron chi connectivity index (χ0n) is 9.09. The van der Waals surface area contributed by atoms with Gasteiger partial charge < -0.3 is 10.4 Å². The molecule has 0 bridgehead atoms. The van der Waals surface area contributed by atoms with Crippen LogP contribution in [-0.2, 0) is 9.59 Å². The summed E-state index contributed by atoms with van der Waals surface area (Å²) in [6, 6.07) is 0. The third-order valence-electron chi connectivity index (χ3n) is 2.63. The lowest BCUT2D eigenvalue weighted by atomic mass is 9.95. The summed E-state index contributed by atoms with van der Waals surface area (Å²) >= 11 is 0. The zero-order valence-corrected chi connectivity index (χ0v) is 9.09. The lowest BCUT2D eigenvalue weighted by Gasteiger charge is -2.26. The van der Waals surface area contributed by atoms with Crippen molar-refractivity contribution in [1.29, 1.82) is 0 Å². The number of hydrogen-bond acceptors (Lipinski definition) is 3. The number of carbonyl (C=O) groups excluding carboxylic acids is 1. The van der Waals surface area contributed by atoms with Gasteiger partial charge in [0, 0.05) is 12.3 Å².